The van der Waals surface area contributed by atoms with E-state index in [1.807, 2.05) is 0 Å². The third kappa shape index (κ3) is 2.56. The fraction of sp³-hybridized carbons (Fsp3) is 0.125. The molecule has 0 spiro atoms. The summed E-state index contributed by atoms with van der Waals surface area (Å²) in [6, 6.07) is 3.53. The van der Waals surface area contributed by atoms with E-state index in [0.717, 1.165) is 6.07 Å². The average molecular weight is 240 g/mol. The van der Waals surface area contributed by atoms with E-state index >= 15 is 0 Å². The van der Waals surface area contributed by atoms with Crippen LogP contribution in [0.3, 0.4) is 0 Å². The van der Waals surface area contributed by atoms with Crippen LogP contribution < -0.4 is 0 Å². The molecule has 0 aromatic heterocycles. The lowest BCUT2D eigenvalue weighted by Crippen LogP contribution is -2.04. The molecule has 1 aromatic carbocycles. The van der Waals surface area contributed by atoms with Gasteiger partial charge in [-0.15, -0.1) is 0 Å². The van der Waals surface area contributed by atoms with Crippen LogP contribution in [0.1, 0.15) is 11.1 Å². The molecule has 1 aromatic rings. The van der Waals surface area contributed by atoms with Crippen molar-refractivity contribution in [3.05, 3.63) is 35.1 Å². The lowest BCUT2D eigenvalue weighted by atomic mass is 10.1. The minimum absolute atomic E-state index is 0.0792. The molecule has 0 aliphatic rings. The van der Waals surface area contributed by atoms with Gasteiger partial charge in [-0.2, -0.15) is 0 Å². The van der Waals surface area contributed by atoms with Crippen molar-refractivity contribution in [1.82, 2.24) is 0 Å². The third-order valence-electron chi connectivity index (χ3n) is 1.39. The number of rotatable bonds is 1. The summed E-state index contributed by atoms with van der Waals surface area (Å²) in [7, 11) is 0. The second-order valence-corrected chi connectivity index (χ2v) is 4.58. The van der Waals surface area contributed by atoms with E-state index in [0.29, 0.717) is 0 Å². The van der Waals surface area contributed by atoms with Gasteiger partial charge in [0.1, 0.15) is 5.82 Å². The molecule has 1 radical (unpaired) electrons. The maximum Gasteiger partial charge on any atom is 0.233 e. The molecular formula is C8H3Cl3FO. The summed E-state index contributed by atoms with van der Waals surface area (Å²) >= 11 is 16.4. The summed E-state index contributed by atoms with van der Waals surface area (Å²) in [4.78, 5) is 10.1. The molecule has 0 amide bonds. The number of carbonyl (C=O) groups excluding carboxylic acids is 1. The second-order valence-electron chi connectivity index (χ2n) is 2.29. The van der Waals surface area contributed by atoms with E-state index in [1.54, 1.807) is 0 Å². The summed E-state index contributed by atoms with van der Waals surface area (Å²) in [5, 5.41) is 0. The summed E-state index contributed by atoms with van der Waals surface area (Å²) < 4.78 is 11.3. The van der Waals surface area contributed by atoms with Crippen molar-refractivity contribution in [3.63, 3.8) is 0 Å². The van der Waals surface area contributed by atoms with Crippen LogP contribution in [0, 0.1) is 5.82 Å². The SMILES string of the molecule is O=[C]c1ccc(C(Cl)(Cl)Cl)c(F)c1. The zero-order chi connectivity index (χ0) is 10.1. The van der Waals surface area contributed by atoms with Crippen molar-refractivity contribution in [1.29, 1.82) is 0 Å². The molecule has 0 saturated carbocycles. The van der Waals surface area contributed by atoms with Crippen molar-refractivity contribution in [2.24, 2.45) is 0 Å². The number of benzene rings is 1. The zero-order valence-electron chi connectivity index (χ0n) is 6.15. The van der Waals surface area contributed by atoms with Gasteiger partial charge in [0.25, 0.3) is 0 Å². The monoisotopic (exact) mass is 239 g/mol. The molecule has 5 heteroatoms. The zero-order valence-corrected chi connectivity index (χ0v) is 8.42. The highest BCUT2D eigenvalue weighted by atomic mass is 35.6. The lowest BCUT2D eigenvalue weighted by Gasteiger charge is -2.11. The first-order valence-corrected chi connectivity index (χ1v) is 4.33. The average Bonchev–Trinajstić information content (AvgIpc) is 2.01. The maximum absolute atomic E-state index is 13.1. The van der Waals surface area contributed by atoms with Crippen LogP contribution >= 0.6 is 34.8 Å². The van der Waals surface area contributed by atoms with E-state index in [9.17, 15) is 9.18 Å². The van der Waals surface area contributed by atoms with Crippen molar-refractivity contribution in [3.8, 4) is 0 Å². The van der Waals surface area contributed by atoms with Gasteiger partial charge in [0.15, 0.2) is 0 Å². The molecule has 0 aliphatic carbocycles. The molecule has 0 bridgehead atoms. The first-order valence-electron chi connectivity index (χ1n) is 3.20. The molecule has 69 valence electrons. The molecule has 1 nitrogen and oxygen atoms in total. The van der Waals surface area contributed by atoms with Crippen LogP contribution in [-0.2, 0) is 8.59 Å². The van der Waals surface area contributed by atoms with Crippen molar-refractivity contribution in [2.45, 2.75) is 3.79 Å². The normalized spacial score (nSPS) is 11.4. The fourth-order valence-corrected chi connectivity index (χ4v) is 1.27. The Labute approximate surface area is 89.4 Å². The van der Waals surface area contributed by atoms with Gasteiger partial charge in [0.05, 0.1) is 0 Å². The Hall–Kier alpha value is -0.310. The molecule has 0 aliphatic heterocycles. The second kappa shape index (κ2) is 3.82. The topological polar surface area (TPSA) is 17.1 Å². The molecule has 0 unspecified atom stereocenters. The minimum atomic E-state index is -1.81. The standard InChI is InChI=1S/C8H3Cl3FO/c9-8(10,11)6-2-1-5(4-13)3-7(6)12/h1-3H. The fourth-order valence-electron chi connectivity index (χ4n) is 0.808. The van der Waals surface area contributed by atoms with E-state index in [2.05, 4.69) is 0 Å². The van der Waals surface area contributed by atoms with Gasteiger partial charge < -0.3 is 0 Å². The summed E-state index contributed by atoms with van der Waals surface area (Å²) in [5.74, 6) is -0.735. The smallest absolute Gasteiger partial charge is 0.233 e. The Bertz CT molecular complexity index is 333. The highest BCUT2D eigenvalue weighted by Crippen LogP contribution is 2.39. The van der Waals surface area contributed by atoms with E-state index in [-0.39, 0.29) is 11.1 Å². The lowest BCUT2D eigenvalue weighted by molar-refractivity contribution is 0.561. The van der Waals surface area contributed by atoms with Crippen LogP contribution in [0.4, 0.5) is 4.39 Å². The molecule has 0 saturated heterocycles. The van der Waals surface area contributed by atoms with Gasteiger partial charge >= 0.3 is 0 Å². The van der Waals surface area contributed by atoms with Crippen molar-refractivity contribution in [2.75, 3.05) is 0 Å². The molecule has 13 heavy (non-hydrogen) atoms. The van der Waals surface area contributed by atoms with Gasteiger partial charge in [-0.3, -0.25) is 4.79 Å². The minimum Gasteiger partial charge on any atom is -0.285 e. The van der Waals surface area contributed by atoms with Gasteiger partial charge in [-0.1, -0.05) is 46.9 Å². The Morgan fingerprint density at radius 1 is 1.31 bits per heavy atom. The van der Waals surface area contributed by atoms with E-state index in [1.165, 1.54) is 18.4 Å². The summed E-state index contributed by atoms with van der Waals surface area (Å²) in [6.45, 7) is 0. The molecule has 0 N–H and O–H groups in total. The quantitative estimate of drug-likeness (QED) is 0.689. The van der Waals surface area contributed by atoms with E-state index in [4.69, 9.17) is 34.8 Å². The Morgan fingerprint density at radius 2 is 1.92 bits per heavy atom. The van der Waals surface area contributed by atoms with Crippen LogP contribution in [0.5, 0.6) is 0 Å². The molecule has 1 rings (SSSR count). The molecule has 0 atom stereocenters. The van der Waals surface area contributed by atoms with E-state index < -0.39 is 9.61 Å². The maximum atomic E-state index is 13.1. The van der Waals surface area contributed by atoms with Crippen LogP contribution in [0.25, 0.3) is 0 Å². The summed E-state index contributed by atoms with van der Waals surface area (Å²) in [6.07, 6.45) is 1.53. The molecular weight excluding hydrogens is 237 g/mol. The first kappa shape index (κ1) is 10.8. The van der Waals surface area contributed by atoms with Crippen molar-refractivity contribution >= 4 is 41.1 Å². The van der Waals surface area contributed by atoms with Crippen LogP contribution in [0.15, 0.2) is 18.2 Å². The summed E-state index contributed by atoms with van der Waals surface area (Å²) in [5.41, 5.74) is -0.00741. The number of hydrogen-bond donors (Lipinski definition) is 0. The highest BCUT2D eigenvalue weighted by Gasteiger charge is 2.26. The predicted molar refractivity (Wildman–Crippen MR) is 50.4 cm³/mol. The molecule has 0 fully saturated rings. The van der Waals surface area contributed by atoms with Gasteiger partial charge in [0, 0.05) is 11.1 Å². The van der Waals surface area contributed by atoms with Gasteiger partial charge in [0.2, 0.25) is 10.1 Å². The third-order valence-corrected chi connectivity index (χ3v) is 2.00. The van der Waals surface area contributed by atoms with Crippen LogP contribution in [-0.4, -0.2) is 6.29 Å². The Kier molecular flexibility index (Phi) is 3.17. The predicted octanol–water partition coefficient (Wildman–Crippen LogP) is 3.11. The van der Waals surface area contributed by atoms with Gasteiger partial charge in [-0.05, 0) is 6.07 Å². The van der Waals surface area contributed by atoms with Crippen molar-refractivity contribution < 1.29 is 9.18 Å². The Morgan fingerprint density at radius 3 is 2.31 bits per heavy atom. The largest absolute Gasteiger partial charge is 0.285 e. The van der Waals surface area contributed by atoms with Gasteiger partial charge in [-0.25, -0.2) is 4.39 Å². The number of alkyl halides is 3. The first-order chi connectivity index (χ1) is 5.95. The van der Waals surface area contributed by atoms with Crippen LogP contribution in [0.2, 0.25) is 0 Å². The highest BCUT2D eigenvalue weighted by molar-refractivity contribution is 6.66. The molecule has 0 heterocycles. The number of hydrogen-bond acceptors (Lipinski definition) is 1. The Balaban J connectivity index is 3.20. The number of halogens is 4.